The van der Waals surface area contributed by atoms with Gasteiger partial charge in [-0.15, -0.1) is 0 Å². The summed E-state index contributed by atoms with van der Waals surface area (Å²) in [6, 6.07) is -0.259. The van der Waals surface area contributed by atoms with Crippen LogP contribution in [0.2, 0.25) is 0 Å². The van der Waals surface area contributed by atoms with Crippen molar-refractivity contribution in [3.63, 3.8) is 0 Å². The van der Waals surface area contributed by atoms with Crippen molar-refractivity contribution in [2.75, 3.05) is 7.11 Å². The zero-order valence-electron chi connectivity index (χ0n) is 12.3. The summed E-state index contributed by atoms with van der Waals surface area (Å²) in [4.78, 5) is 15.5. The molecule has 0 saturated carbocycles. The lowest BCUT2D eigenvalue weighted by molar-refractivity contribution is -0.140. The van der Waals surface area contributed by atoms with Crippen LogP contribution in [-0.4, -0.2) is 35.3 Å². The van der Waals surface area contributed by atoms with E-state index in [9.17, 15) is 4.79 Å². The number of carboxylic acids is 1. The Kier molecular flexibility index (Phi) is 4.60. The molecule has 2 N–H and O–H groups in total. The molecule has 110 valence electrons. The maximum atomic E-state index is 11.1. The topological polar surface area (TPSA) is 71.5 Å². The first-order valence-electron chi connectivity index (χ1n) is 7.00. The molecule has 0 bridgehead atoms. The van der Waals surface area contributed by atoms with E-state index in [0.717, 1.165) is 41.8 Å². The summed E-state index contributed by atoms with van der Waals surface area (Å²) in [5.41, 5.74) is 3.05. The normalized spacial score (nSPS) is 22.6. The molecular weight excluding hydrogens is 256 g/mol. The van der Waals surface area contributed by atoms with Crippen LogP contribution in [0.25, 0.3) is 0 Å². The molecule has 2 atom stereocenters. The van der Waals surface area contributed by atoms with Crippen molar-refractivity contribution >= 4 is 5.97 Å². The summed E-state index contributed by atoms with van der Waals surface area (Å²) in [5, 5.41) is 12.3. The Morgan fingerprint density at radius 2 is 2.25 bits per heavy atom. The number of ether oxygens (including phenoxy) is 1. The van der Waals surface area contributed by atoms with Gasteiger partial charge in [-0.3, -0.25) is 9.78 Å². The standard InChI is InChI=1S/C15H22N2O3/c1-9-8-16-13(10(2)14(9)20-3)7-11-5-4-6-12(17-11)15(18)19/h8,11-12,17H,4-7H2,1-3H3,(H,18,19). The maximum Gasteiger partial charge on any atom is 0.320 e. The van der Waals surface area contributed by atoms with Gasteiger partial charge in [-0.2, -0.15) is 0 Å². The third-order valence-electron chi connectivity index (χ3n) is 3.97. The largest absolute Gasteiger partial charge is 0.496 e. The van der Waals surface area contributed by atoms with Crippen LogP contribution in [0.5, 0.6) is 5.75 Å². The number of pyridine rings is 1. The lowest BCUT2D eigenvalue weighted by Gasteiger charge is -2.29. The van der Waals surface area contributed by atoms with Gasteiger partial charge < -0.3 is 15.2 Å². The smallest absolute Gasteiger partial charge is 0.320 e. The van der Waals surface area contributed by atoms with Gasteiger partial charge in [-0.05, 0) is 33.1 Å². The zero-order valence-corrected chi connectivity index (χ0v) is 12.3. The van der Waals surface area contributed by atoms with Crippen LogP contribution < -0.4 is 10.1 Å². The van der Waals surface area contributed by atoms with Gasteiger partial charge in [0.05, 0.1) is 7.11 Å². The van der Waals surface area contributed by atoms with Crippen molar-refractivity contribution in [2.24, 2.45) is 0 Å². The fraction of sp³-hybridized carbons (Fsp3) is 0.600. The van der Waals surface area contributed by atoms with Crippen LogP contribution in [-0.2, 0) is 11.2 Å². The first kappa shape index (κ1) is 14.8. The summed E-state index contributed by atoms with van der Waals surface area (Å²) >= 11 is 0. The van der Waals surface area contributed by atoms with E-state index in [1.54, 1.807) is 7.11 Å². The SMILES string of the molecule is COc1c(C)cnc(CC2CCCC(C(=O)O)N2)c1C. The molecule has 0 aliphatic carbocycles. The van der Waals surface area contributed by atoms with E-state index in [4.69, 9.17) is 9.84 Å². The molecule has 5 nitrogen and oxygen atoms in total. The summed E-state index contributed by atoms with van der Waals surface area (Å²) < 4.78 is 5.41. The second kappa shape index (κ2) is 6.22. The molecule has 1 aliphatic heterocycles. The number of nitrogens with zero attached hydrogens (tertiary/aromatic N) is 1. The monoisotopic (exact) mass is 278 g/mol. The second-order valence-electron chi connectivity index (χ2n) is 5.44. The summed E-state index contributed by atoms with van der Waals surface area (Å²) in [7, 11) is 1.67. The molecule has 20 heavy (non-hydrogen) atoms. The highest BCUT2D eigenvalue weighted by Crippen LogP contribution is 2.26. The average molecular weight is 278 g/mol. The van der Waals surface area contributed by atoms with Gasteiger partial charge in [-0.25, -0.2) is 0 Å². The summed E-state index contributed by atoms with van der Waals surface area (Å²) in [6.07, 6.45) is 5.19. The minimum Gasteiger partial charge on any atom is -0.496 e. The van der Waals surface area contributed by atoms with E-state index in [1.165, 1.54) is 0 Å². The molecule has 5 heteroatoms. The molecule has 1 fully saturated rings. The Morgan fingerprint density at radius 3 is 2.90 bits per heavy atom. The van der Waals surface area contributed by atoms with E-state index in [0.29, 0.717) is 6.42 Å². The van der Waals surface area contributed by atoms with Gasteiger partial charge in [0.15, 0.2) is 0 Å². The van der Waals surface area contributed by atoms with Crippen molar-refractivity contribution in [1.82, 2.24) is 10.3 Å². The molecule has 0 spiro atoms. The van der Waals surface area contributed by atoms with Crippen molar-refractivity contribution in [3.8, 4) is 5.75 Å². The van der Waals surface area contributed by atoms with E-state index < -0.39 is 12.0 Å². The molecule has 1 aromatic heterocycles. The molecule has 0 amide bonds. The van der Waals surface area contributed by atoms with E-state index in [1.807, 2.05) is 20.0 Å². The van der Waals surface area contributed by atoms with Gasteiger partial charge in [-0.1, -0.05) is 0 Å². The number of methoxy groups -OCH3 is 1. The molecule has 1 aromatic rings. The molecule has 1 saturated heterocycles. The number of aliphatic carboxylic acids is 1. The van der Waals surface area contributed by atoms with Crippen LogP contribution in [0.1, 0.15) is 36.1 Å². The summed E-state index contributed by atoms with van der Waals surface area (Å²) in [6.45, 7) is 3.98. The number of aryl methyl sites for hydroxylation is 1. The first-order valence-corrected chi connectivity index (χ1v) is 7.00. The lowest BCUT2D eigenvalue weighted by atomic mass is 9.94. The lowest BCUT2D eigenvalue weighted by Crippen LogP contribution is -2.47. The van der Waals surface area contributed by atoms with Crippen LogP contribution in [0, 0.1) is 13.8 Å². The average Bonchev–Trinajstić information content (AvgIpc) is 2.43. The Hall–Kier alpha value is -1.62. The predicted octanol–water partition coefficient (Wildman–Crippen LogP) is 1.84. The van der Waals surface area contributed by atoms with Gasteiger partial charge in [0.1, 0.15) is 11.8 Å². The van der Waals surface area contributed by atoms with E-state index in [-0.39, 0.29) is 6.04 Å². The third kappa shape index (κ3) is 3.10. The van der Waals surface area contributed by atoms with Gasteiger partial charge in [0.2, 0.25) is 0 Å². The number of carboxylic acid groups (broad SMARTS) is 1. The van der Waals surface area contributed by atoms with Crippen molar-refractivity contribution in [3.05, 3.63) is 23.0 Å². The number of nitrogens with one attached hydrogen (secondary N) is 1. The Balaban J connectivity index is 2.12. The zero-order chi connectivity index (χ0) is 14.7. The van der Waals surface area contributed by atoms with Crippen molar-refractivity contribution in [1.29, 1.82) is 0 Å². The van der Waals surface area contributed by atoms with Crippen LogP contribution in [0.15, 0.2) is 6.20 Å². The highest BCUT2D eigenvalue weighted by Gasteiger charge is 2.26. The number of carbonyl (C=O) groups is 1. The number of rotatable bonds is 4. The van der Waals surface area contributed by atoms with E-state index in [2.05, 4.69) is 10.3 Å². The van der Waals surface area contributed by atoms with Gasteiger partial charge >= 0.3 is 5.97 Å². The van der Waals surface area contributed by atoms with Crippen molar-refractivity contribution < 1.29 is 14.6 Å². The van der Waals surface area contributed by atoms with E-state index >= 15 is 0 Å². The van der Waals surface area contributed by atoms with Crippen molar-refractivity contribution in [2.45, 2.75) is 51.6 Å². The number of hydrogen-bond donors (Lipinski definition) is 2. The Morgan fingerprint density at radius 1 is 1.50 bits per heavy atom. The quantitative estimate of drug-likeness (QED) is 0.879. The third-order valence-corrected chi connectivity index (χ3v) is 3.97. The van der Waals surface area contributed by atoms with Crippen LogP contribution in [0.3, 0.4) is 0 Å². The van der Waals surface area contributed by atoms with Crippen LogP contribution in [0.4, 0.5) is 0 Å². The molecular formula is C15H22N2O3. The molecule has 0 aromatic carbocycles. The molecule has 2 rings (SSSR count). The maximum absolute atomic E-state index is 11.1. The van der Waals surface area contributed by atoms with Gasteiger partial charge in [0.25, 0.3) is 0 Å². The number of hydrogen-bond acceptors (Lipinski definition) is 4. The highest BCUT2D eigenvalue weighted by molar-refractivity contribution is 5.73. The van der Waals surface area contributed by atoms with Crippen LogP contribution >= 0.6 is 0 Å². The number of aromatic nitrogens is 1. The number of piperidine rings is 1. The fourth-order valence-corrected chi connectivity index (χ4v) is 2.89. The minimum atomic E-state index is -0.763. The fourth-order valence-electron chi connectivity index (χ4n) is 2.89. The predicted molar refractivity (Wildman–Crippen MR) is 76.2 cm³/mol. The molecule has 1 aliphatic rings. The second-order valence-corrected chi connectivity index (χ2v) is 5.44. The summed E-state index contributed by atoms with van der Waals surface area (Å²) in [5.74, 6) is 0.112. The minimum absolute atomic E-state index is 0.170. The highest BCUT2D eigenvalue weighted by atomic mass is 16.5. The molecule has 2 heterocycles. The molecule has 0 radical (unpaired) electrons. The molecule has 2 unspecified atom stereocenters. The van der Waals surface area contributed by atoms with Gasteiger partial charge in [0, 0.05) is 35.5 Å². The Bertz CT molecular complexity index is 502. The Labute approximate surface area is 119 Å². The first-order chi connectivity index (χ1) is 9.52.